The van der Waals surface area contributed by atoms with Gasteiger partial charge in [-0.05, 0) is 43.3 Å². The molecule has 8 heteroatoms. The first kappa shape index (κ1) is 20.2. The van der Waals surface area contributed by atoms with E-state index in [1.807, 2.05) is 41.9 Å². The summed E-state index contributed by atoms with van der Waals surface area (Å²) in [4.78, 5) is 21.4. The van der Waals surface area contributed by atoms with Crippen LogP contribution in [0.15, 0.2) is 59.3 Å². The smallest absolute Gasteiger partial charge is 0.230 e. The summed E-state index contributed by atoms with van der Waals surface area (Å²) in [6, 6.07) is 13.5. The van der Waals surface area contributed by atoms with E-state index in [4.69, 9.17) is 4.74 Å². The molecule has 4 rings (SSSR count). The molecule has 0 fully saturated rings. The van der Waals surface area contributed by atoms with Crippen molar-refractivity contribution in [2.24, 2.45) is 0 Å². The number of anilines is 1. The van der Waals surface area contributed by atoms with E-state index in [9.17, 15) is 9.18 Å². The third-order valence-electron chi connectivity index (χ3n) is 4.18. The number of nitrogens with zero attached hydrogens (tertiary/aromatic N) is 2. The Morgan fingerprint density at radius 2 is 1.93 bits per heavy atom. The van der Waals surface area contributed by atoms with E-state index in [1.165, 1.54) is 23.5 Å². The first-order valence-corrected chi connectivity index (χ1v) is 11.0. The normalized spacial score (nSPS) is 10.7. The molecule has 0 saturated heterocycles. The highest BCUT2D eigenvalue weighted by Crippen LogP contribution is 2.24. The second-order valence-corrected chi connectivity index (χ2v) is 8.54. The van der Waals surface area contributed by atoms with E-state index in [-0.39, 0.29) is 24.8 Å². The summed E-state index contributed by atoms with van der Waals surface area (Å²) in [7, 11) is 0. The van der Waals surface area contributed by atoms with Gasteiger partial charge in [0.1, 0.15) is 23.2 Å². The summed E-state index contributed by atoms with van der Waals surface area (Å²) < 4.78 is 18.5. The van der Waals surface area contributed by atoms with Gasteiger partial charge in [-0.15, -0.1) is 22.7 Å². The average molecular weight is 440 g/mol. The summed E-state index contributed by atoms with van der Waals surface area (Å²) >= 11 is 3.02. The summed E-state index contributed by atoms with van der Waals surface area (Å²) in [5, 5.41) is 8.51. The number of amides is 1. The summed E-state index contributed by atoms with van der Waals surface area (Å²) in [6.45, 7) is 2.24. The number of carbonyl (C=O) groups is 1. The van der Waals surface area contributed by atoms with E-state index in [1.54, 1.807) is 23.5 Å². The number of ether oxygens (including phenoxy) is 1. The standard InChI is InChI=1S/C22H18FN3O2S2/c1-14-24-20(13-29-14)15-3-2-4-17(9-15)25-21(27)10-18-12-30-22(26-18)11-28-19-7-5-16(23)6-8-19/h2-9,12-13H,10-11H2,1H3,(H,25,27). The number of hydrogen-bond donors (Lipinski definition) is 1. The van der Waals surface area contributed by atoms with Crippen LogP contribution in [0.1, 0.15) is 15.7 Å². The van der Waals surface area contributed by atoms with Crippen LogP contribution in [0, 0.1) is 12.7 Å². The molecule has 0 aliphatic carbocycles. The maximum atomic E-state index is 12.9. The van der Waals surface area contributed by atoms with Crippen molar-refractivity contribution in [3.05, 3.63) is 80.8 Å². The Morgan fingerprint density at radius 1 is 1.10 bits per heavy atom. The summed E-state index contributed by atoms with van der Waals surface area (Å²) in [5.74, 6) is 0.121. The van der Waals surface area contributed by atoms with Crippen molar-refractivity contribution in [3.8, 4) is 17.0 Å². The lowest BCUT2D eigenvalue weighted by Gasteiger charge is -2.06. The molecule has 5 nitrogen and oxygen atoms in total. The Labute approximate surface area is 181 Å². The molecule has 0 aliphatic rings. The Bertz CT molecular complexity index is 1160. The van der Waals surface area contributed by atoms with Gasteiger partial charge in [0.05, 0.1) is 22.8 Å². The van der Waals surface area contributed by atoms with Gasteiger partial charge in [0.25, 0.3) is 0 Å². The zero-order chi connectivity index (χ0) is 20.9. The van der Waals surface area contributed by atoms with Crippen molar-refractivity contribution in [2.45, 2.75) is 20.0 Å². The van der Waals surface area contributed by atoms with Gasteiger partial charge in [-0.25, -0.2) is 14.4 Å². The minimum absolute atomic E-state index is 0.141. The molecule has 2 heterocycles. The largest absolute Gasteiger partial charge is 0.486 e. The molecule has 30 heavy (non-hydrogen) atoms. The van der Waals surface area contributed by atoms with Crippen molar-refractivity contribution >= 4 is 34.3 Å². The third kappa shape index (κ3) is 5.28. The third-order valence-corrected chi connectivity index (χ3v) is 5.82. The second-order valence-electron chi connectivity index (χ2n) is 6.53. The van der Waals surface area contributed by atoms with Gasteiger partial charge in [-0.1, -0.05) is 12.1 Å². The van der Waals surface area contributed by atoms with E-state index in [0.29, 0.717) is 11.4 Å². The zero-order valence-corrected chi connectivity index (χ0v) is 17.7. The van der Waals surface area contributed by atoms with E-state index in [0.717, 1.165) is 27.0 Å². The lowest BCUT2D eigenvalue weighted by molar-refractivity contribution is -0.115. The molecule has 0 bridgehead atoms. The highest BCUT2D eigenvalue weighted by molar-refractivity contribution is 7.10. The quantitative estimate of drug-likeness (QED) is 0.414. The van der Waals surface area contributed by atoms with Gasteiger partial charge in [-0.2, -0.15) is 0 Å². The van der Waals surface area contributed by atoms with Crippen LogP contribution in [-0.4, -0.2) is 15.9 Å². The number of hydrogen-bond acceptors (Lipinski definition) is 6. The molecular formula is C22H18FN3O2S2. The number of rotatable bonds is 7. The highest BCUT2D eigenvalue weighted by atomic mass is 32.1. The number of aryl methyl sites for hydroxylation is 1. The lowest BCUT2D eigenvalue weighted by atomic mass is 10.1. The topological polar surface area (TPSA) is 64.1 Å². The van der Waals surface area contributed by atoms with Crippen molar-refractivity contribution in [1.29, 1.82) is 0 Å². The SMILES string of the molecule is Cc1nc(-c2cccc(NC(=O)Cc3csc(COc4ccc(F)cc4)n3)c2)cs1. The second kappa shape index (κ2) is 9.15. The number of benzene rings is 2. The number of nitrogens with one attached hydrogen (secondary N) is 1. The molecule has 152 valence electrons. The van der Waals surface area contributed by atoms with Crippen LogP contribution < -0.4 is 10.1 Å². The molecule has 2 aromatic heterocycles. The fourth-order valence-electron chi connectivity index (χ4n) is 2.79. The molecule has 1 amide bonds. The molecule has 0 saturated carbocycles. The van der Waals surface area contributed by atoms with Crippen LogP contribution in [0.2, 0.25) is 0 Å². The number of thiazole rings is 2. The maximum Gasteiger partial charge on any atom is 0.230 e. The van der Waals surface area contributed by atoms with Crippen LogP contribution in [0.4, 0.5) is 10.1 Å². The van der Waals surface area contributed by atoms with Gasteiger partial charge < -0.3 is 10.1 Å². The first-order chi connectivity index (χ1) is 14.5. The van der Waals surface area contributed by atoms with Crippen molar-refractivity contribution in [1.82, 2.24) is 9.97 Å². The highest BCUT2D eigenvalue weighted by Gasteiger charge is 2.10. The van der Waals surface area contributed by atoms with Crippen LogP contribution in [0.25, 0.3) is 11.3 Å². The maximum absolute atomic E-state index is 12.9. The molecule has 0 radical (unpaired) electrons. The Balaban J connectivity index is 1.33. The molecule has 2 aromatic carbocycles. The molecule has 0 aliphatic heterocycles. The summed E-state index contributed by atoms with van der Waals surface area (Å²) in [6.07, 6.45) is 0.174. The summed E-state index contributed by atoms with van der Waals surface area (Å²) in [5.41, 5.74) is 3.27. The first-order valence-electron chi connectivity index (χ1n) is 9.19. The molecule has 0 unspecified atom stereocenters. The Morgan fingerprint density at radius 3 is 2.70 bits per heavy atom. The Kier molecular flexibility index (Phi) is 6.15. The van der Waals surface area contributed by atoms with Gasteiger partial charge in [0.15, 0.2) is 0 Å². The predicted molar refractivity (Wildman–Crippen MR) is 117 cm³/mol. The minimum Gasteiger partial charge on any atom is -0.486 e. The minimum atomic E-state index is -0.308. The zero-order valence-electron chi connectivity index (χ0n) is 16.1. The number of aromatic nitrogens is 2. The predicted octanol–water partition coefficient (Wildman–Crippen LogP) is 5.47. The van der Waals surface area contributed by atoms with Crippen LogP contribution >= 0.6 is 22.7 Å². The molecule has 4 aromatic rings. The monoisotopic (exact) mass is 439 g/mol. The molecule has 1 N–H and O–H groups in total. The average Bonchev–Trinajstić information content (AvgIpc) is 3.36. The molecule has 0 spiro atoms. The van der Waals surface area contributed by atoms with Crippen molar-refractivity contribution in [2.75, 3.05) is 5.32 Å². The molecule has 0 atom stereocenters. The van der Waals surface area contributed by atoms with E-state index in [2.05, 4.69) is 15.3 Å². The molecular weight excluding hydrogens is 421 g/mol. The fourth-order valence-corrected chi connectivity index (χ4v) is 4.12. The van der Waals surface area contributed by atoms with Gasteiger partial charge in [0.2, 0.25) is 5.91 Å². The van der Waals surface area contributed by atoms with Crippen molar-refractivity contribution < 1.29 is 13.9 Å². The van der Waals surface area contributed by atoms with Gasteiger partial charge >= 0.3 is 0 Å². The number of halogens is 1. The fraction of sp³-hybridized carbons (Fsp3) is 0.136. The Hall–Kier alpha value is -3.10. The van der Waals surface area contributed by atoms with E-state index < -0.39 is 0 Å². The van der Waals surface area contributed by atoms with Crippen LogP contribution in [0.3, 0.4) is 0 Å². The van der Waals surface area contributed by atoms with Crippen LogP contribution in [0.5, 0.6) is 5.75 Å². The number of carbonyl (C=O) groups excluding carboxylic acids is 1. The lowest BCUT2D eigenvalue weighted by Crippen LogP contribution is -2.14. The van der Waals surface area contributed by atoms with Crippen LogP contribution in [-0.2, 0) is 17.8 Å². The van der Waals surface area contributed by atoms with Crippen molar-refractivity contribution in [3.63, 3.8) is 0 Å². The van der Waals surface area contributed by atoms with E-state index >= 15 is 0 Å². The van der Waals surface area contributed by atoms with Gasteiger partial charge in [0, 0.05) is 22.0 Å². The van der Waals surface area contributed by atoms with Gasteiger partial charge in [-0.3, -0.25) is 4.79 Å².